The SMILES string of the molecule is CC/C=C\C/C=C\C/C=C\C/C=C\CCCCCCCCCCCCCCCCCCCCCCCCCCC(=O)OC(CO)COC(=O)CCCCCCCCCCCCCCCCCCCCCCCCCCCCCCC/C=C\CCCCCCCCCC. The van der Waals surface area contributed by atoms with E-state index in [2.05, 4.69) is 74.6 Å². The van der Waals surface area contributed by atoms with Crippen LogP contribution in [0, 0.1) is 0 Å². The maximum Gasteiger partial charge on any atom is 0.306 e. The normalized spacial score (nSPS) is 12.4. The molecule has 0 aliphatic rings. The van der Waals surface area contributed by atoms with E-state index in [9.17, 15) is 14.7 Å². The number of unbranched alkanes of at least 4 members (excludes halogenated alkanes) is 61. The molecule has 0 heterocycles. The highest BCUT2D eigenvalue weighted by molar-refractivity contribution is 5.70. The second kappa shape index (κ2) is 82.8. The number of esters is 2. The van der Waals surface area contributed by atoms with Gasteiger partial charge >= 0.3 is 11.9 Å². The van der Waals surface area contributed by atoms with Crippen LogP contribution in [0.4, 0.5) is 0 Å². The number of aliphatic hydroxyl groups is 1. The van der Waals surface area contributed by atoms with Crippen molar-refractivity contribution in [3.8, 4) is 0 Å². The Balaban J connectivity index is 3.35. The number of hydrogen-bond donors (Lipinski definition) is 1. The fraction of sp³-hybridized carbons (Fsp3) is 0.862. The maximum atomic E-state index is 12.4. The summed E-state index contributed by atoms with van der Waals surface area (Å²) < 4.78 is 10.8. The quantitative estimate of drug-likeness (QED) is 0.0373. The van der Waals surface area contributed by atoms with Gasteiger partial charge in [0.1, 0.15) is 6.61 Å². The summed E-state index contributed by atoms with van der Waals surface area (Å²) in [6.07, 6.45) is 115. The Morgan fingerprint density at radius 1 is 0.261 bits per heavy atom. The summed E-state index contributed by atoms with van der Waals surface area (Å²) >= 11 is 0. The van der Waals surface area contributed by atoms with Crippen LogP contribution in [0.2, 0.25) is 0 Å². The third-order valence-electron chi connectivity index (χ3n) is 19.3. The van der Waals surface area contributed by atoms with Crippen LogP contribution in [0.1, 0.15) is 463 Å². The van der Waals surface area contributed by atoms with Crippen molar-refractivity contribution in [3.63, 3.8) is 0 Å². The van der Waals surface area contributed by atoms with Gasteiger partial charge in [0, 0.05) is 12.8 Å². The van der Waals surface area contributed by atoms with Gasteiger partial charge in [-0.05, 0) is 77.0 Å². The highest BCUT2D eigenvalue weighted by atomic mass is 16.6. The molecule has 0 saturated heterocycles. The van der Waals surface area contributed by atoms with Gasteiger partial charge in [-0.15, -0.1) is 0 Å². The van der Waals surface area contributed by atoms with Crippen molar-refractivity contribution in [2.45, 2.75) is 469 Å². The molecule has 5 heteroatoms. The fourth-order valence-corrected chi connectivity index (χ4v) is 13.1. The lowest BCUT2D eigenvalue weighted by Gasteiger charge is -2.15. The predicted molar refractivity (Wildman–Crippen MR) is 408 cm³/mol. The molecule has 0 aliphatic heterocycles. The number of ether oxygens (including phenoxy) is 2. The average Bonchev–Trinajstić information content (AvgIpc) is 3.70. The minimum atomic E-state index is -0.771. The van der Waals surface area contributed by atoms with Gasteiger partial charge in [-0.3, -0.25) is 9.59 Å². The number of carbonyl (C=O) groups is 2. The molecule has 92 heavy (non-hydrogen) atoms. The van der Waals surface area contributed by atoms with Crippen molar-refractivity contribution in [1.82, 2.24) is 0 Å². The third-order valence-corrected chi connectivity index (χ3v) is 19.3. The molecule has 0 bridgehead atoms. The Kier molecular flexibility index (Phi) is 80.7. The molecule has 0 spiro atoms. The van der Waals surface area contributed by atoms with E-state index < -0.39 is 6.10 Å². The lowest BCUT2D eigenvalue weighted by atomic mass is 10.0. The van der Waals surface area contributed by atoms with Crippen molar-refractivity contribution in [3.05, 3.63) is 60.8 Å². The molecule has 0 amide bonds. The Morgan fingerprint density at radius 2 is 0.467 bits per heavy atom. The molecule has 0 aromatic heterocycles. The van der Waals surface area contributed by atoms with E-state index in [0.29, 0.717) is 12.8 Å². The Bertz CT molecular complexity index is 1560. The summed E-state index contributed by atoms with van der Waals surface area (Å²) in [6.45, 7) is 4.10. The van der Waals surface area contributed by atoms with Gasteiger partial charge < -0.3 is 14.6 Å². The number of hydrogen-bond acceptors (Lipinski definition) is 5. The molecule has 0 aromatic rings. The van der Waals surface area contributed by atoms with Gasteiger partial charge in [-0.25, -0.2) is 0 Å². The zero-order chi connectivity index (χ0) is 66.1. The molecular weight excluding hydrogens is 1120 g/mol. The Hall–Kier alpha value is -2.40. The number of allylic oxidation sites excluding steroid dienone is 10. The van der Waals surface area contributed by atoms with E-state index in [1.54, 1.807) is 0 Å². The van der Waals surface area contributed by atoms with E-state index in [4.69, 9.17) is 9.47 Å². The zero-order valence-corrected chi connectivity index (χ0v) is 62.3. The van der Waals surface area contributed by atoms with Crippen molar-refractivity contribution < 1.29 is 24.2 Å². The second-order valence-electron chi connectivity index (χ2n) is 28.5. The van der Waals surface area contributed by atoms with Crippen molar-refractivity contribution in [2.24, 2.45) is 0 Å². The fourth-order valence-electron chi connectivity index (χ4n) is 13.1. The molecule has 0 saturated carbocycles. The number of rotatable bonds is 79. The summed E-state index contributed by atoms with van der Waals surface area (Å²) in [7, 11) is 0. The summed E-state index contributed by atoms with van der Waals surface area (Å²) in [4.78, 5) is 24.7. The monoisotopic (exact) mass is 1290 g/mol. The van der Waals surface area contributed by atoms with Crippen LogP contribution < -0.4 is 0 Å². The van der Waals surface area contributed by atoms with E-state index >= 15 is 0 Å². The molecule has 0 aromatic carbocycles. The van der Waals surface area contributed by atoms with E-state index in [0.717, 1.165) is 57.8 Å². The van der Waals surface area contributed by atoms with E-state index in [1.807, 2.05) is 0 Å². The van der Waals surface area contributed by atoms with Crippen LogP contribution in [-0.2, 0) is 19.1 Å². The molecule has 1 unspecified atom stereocenters. The van der Waals surface area contributed by atoms with Gasteiger partial charge in [0.15, 0.2) is 6.10 Å². The molecule has 0 rings (SSSR count). The second-order valence-corrected chi connectivity index (χ2v) is 28.5. The van der Waals surface area contributed by atoms with Crippen molar-refractivity contribution in [1.29, 1.82) is 0 Å². The molecule has 0 radical (unpaired) electrons. The van der Waals surface area contributed by atoms with Gasteiger partial charge in [0.25, 0.3) is 0 Å². The van der Waals surface area contributed by atoms with Crippen LogP contribution in [0.5, 0.6) is 0 Å². The van der Waals surface area contributed by atoms with Gasteiger partial charge in [-0.1, -0.05) is 434 Å². The largest absolute Gasteiger partial charge is 0.462 e. The first-order valence-electron chi connectivity index (χ1n) is 41.8. The summed E-state index contributed by atoms with van der Waals surface area (Å²) in [5, 5.41) is 9.74. The average molecular weight is 1290 g/mol. The summed E-state index contributed by atoms with van der Waals surface area (Å²) in [5.74, 6) is -0.562. The number of aliphatic hydroxyl groups excluding tert-OH is 1. The molecular formula is C87H162O5. The number of carbonyl (C=O) groups excluding carboxylic acids is 2. The van der Waals surface area contributed by atoms with E-state index in [-0.39, 0.29) is 25.2 Å². The maximum absolute atomic E-state index is 12.4. The van der Waals surface area contributed by atoms with Crippen LogP contribution in [0.3, 0.4) is 0 Å². The topological polar surface area (TPSA) is 72.8 Å². The third kappa shape index (κ3) is 80.0. The zero-order valence-electron chi connectivity index (χ0n) is 62.3. The lowest BCUT2D eigenvalue weighted by molar-refractivity contribution is -0.161. The van der Waals surface area contributed by atoms with Gasteiger partial charge in [0.2, 0.25) is 0 Å². The molecule has 0 aliphatic carbocycles. The first-order valence-corrected chi connectivity index (χ1v) is 41.8. The Labute approximate surface area is 576 Å². The van der Waals surface area contributed by atoms with Crippen LogP contribution >= 0.6 is 0 Å². The minimum Gasteiger partial charge on any atom is -0.462 e. The summed E-state index contributed by atoms with van der Waals surface area (Å²) in [6, 6.07) is 0. The minimum absolute atomic E-state index is 0.0590. The highest BCUT2D eigenvalue weighted by Gasteiger charge is 2.16. The Morgan fingerprint density at radius 3 is 0.717 bits per heavy atom. The van der Waals surface area contributed by atoms with Gasteiger partial charge in [0.05, 0.1) is 6.61 Å². The standard InChI is InChI=1S/C87H162O5/c1-3-5-7-9-11-13-15-17-19-21-23-25-27-29-31-33-35-37-39-41-42-43-44-46-47-49-51-53-55-57-59-61-63-65-67-69-71-73-75-77-79-81-86(89)91-84-85(83-88)92-87(90)82-80-78-76-74-72-70-68-66-64-62-60-58-56-54-52-50-48-45-40-38-36-34-32-30-28-26-24-22-20-18-16-14-12-10-8-6-4-2/h6,8,12,14,18,20-21,23-24,26,85,88H,3-5,7,9-11,13,15-17,19,22,25,27-84H2,1-2H3/b8-6-,14-12-,20-18-,23-21-,26-24-. The molecule has 1 N–H and O–H groups in total. The van der Waals surface area contributed by atoms with Gasteiger partial charge in [-0.2, -0.15) is 0 Å². The van der Waals surface area contributed by atoms with Crippen LogP contribution in [0.25, 0.3) is 0 Å². The van der Waals surface area contributed by atoms with Crippen LogP contribution in [-0.4, -0.2) is 36.4 Å². The smallest absolute Gasteiger partial charge is 0.306 e. The van der Waals surface area contributed by atoms with Crippen molar-refractivity contribution in [2.75, 3.05) is 13.2 Å². The van der Waals surface area contributed by atoms with Crippen LogP contribution in [0.15, 0.2) is 60.8 Å². The first kappa shape index (κ1) is 89.6. The molecule has 1 atom stereocenters. The summed E-state index contributed by atoms with van der Waals surface area (Å²) in [5.41, 5.74) is 0. The lowest BCUT2D eigenvalue weighted by Crippen LogP contribution is -2.28. The molecule has 540 valence electrons. The molecule has 5 nitrogen and oxygen atoms in total. The first-order chi connectivity index (χ1) is 45.6. The van der Waals surface area contributed by atoms with E-state index in [1.165, 1.54) is 379 Å². The highest BCUT2D eigenvalue weighted by Crippen LogP contribution is 2.20. The van der Waals surface area contributed by atoms with Crippen molar-refractivity contribution >= 4 is 11.9 Å². The predicted octanol–water partition coefficient (Wildman–Crippen LogP) is 29.6. The molecule has 0 fully saturated rings.